The molecule has 1 fully saturated rings. The minimum absolute atomic E-state index is 0.234. The van der Waals surface area contributed by atoms with Gasteiger partial charge in [-0.25, -0.2) is 0 Å². The molecule has 1 aliphatic rings. The monoisotopic (exact) mass is 247 g/mol. The highest BCUT2D eigenvalue weighted by molar-refractivity contribution is 5.37. The molecule has 0 bridgehead atoms. The molecule has 1 saturated carbocycles. The summed E-state index contributed by atoms with van der Waals surface area (Å²) in [5.74, 6) is 1.96. The summed E-state index contributed by atoms with van der Waals surface area (Å²) in [5, 5.41) is 0. The number of nitrogens with two attached hydrogens (primary N) is 1. The molecule has 100 valence electrons. The molecule has 2 heteroatoms. The van der Waals surface area contributed by atoms with Crippen LogP contribution in [0.5, 0.6) is 5.75 Å². The lowest BCUT2D eigenvalue weighted by Gasteiger charge is -2.15. The summed E-state index contributed by atoms with van der Waals surface area (Å²) in [6.07, 6.45) is 5.91. The number of rotatable bonds is 7. The molecule has 2 N–H and O–H groups in total. The molecule has 0 spiro atoms. The summed E-state index contributed by atoms with van der Waals surface area (Å²) in [7, 11) is 0. The van der Waals surface area contributed by atoms with Gasteiger partial charge in [-0.15, -0.1) is 0 Å². The van der Waals surface area contributed by atoms with Crippen LogP contribution in [-0.4, -0.2) is 12.6 Å². The number of hydrogen-bond donors (Lipinski definition) is 1. The highest BCUT2D eigenvalue weighted by atomic mass is 16.5. The van der Waals surface area contributed by atoms with Crippen LogP contribution in [0.4, 0.5) is 0 Å². The number of aryl methyl sites for hydroxylation is 1. The molecule has 2 nitrogen and oxygen atoms in total. The van der Waals surface area contributed by atoms with E-state index in [1.807, 2.05) is 0 Å². The van der Waals surface area contributed by atoms with Gasteiger partial charge in [-0.2, -0.15) is 0 Å². The zero-order chi connectivity index (χ0) is 13.0. The Morgan fingerprint density at radius 3 is 2.83 bits per heavy atom. The zero-order valence-corrected chi connectivity index (χ0v) is 11.6. The third-order valence-corrected chi connectivity index (χ3v) is 3.70. The lowest BCUT2D eigenvalue weighted by molar-refractivity contribution is 0.298. The molecule has 0 radical (unpaired) electrons. The van der Waals surface area contributed by atoms with Crippen molar-refractivity contribution in [2.45, 2.75) is 52.0 Å². The van der Waals surface area contributed by atoms with Gasteiger partial charge in [0.25, 0.3) is 0 Å². The molecule has 1 aromatic rings. The zero-order valence-electron chi connectivity index (χ0n) is 11.6. The summed E-state index contributed by atoms with van der Waals surface area (Å²) in [4.78, 5) is 0. The molecule has 1 aliphatic carbocycles. The van der Waals surface area contributed by atoms with E-state index in [0.29, 0.717) is 0 Å². The van der Waals surface area contributed by atoms with Gasteiger partial charge in [-0.1, -0.05) is 37.5 Å². The third-order valence-electron chi connectivity index (χ3n) is 3.70. The van der Waals surface area contributed by atoms with Crippen molar-refractivity contribution < 1.29 is 4.74 Å². The number of hydrogen-bond acceptors (Lipinski definition) is 2. The second kappa shape index (κ2) is 6.24. The fourth-order valence-corrected chi connectivity index (χ4v) is 2.18. The van der Waals surface area contributed by atoms with E-state index in [4.69, 9.17) is 10.5 Å². The summed E-state index contributed by atoms with van der Waals surface area (Å²) in [6, 6.07) is 6.66. The Hall–Kier alpha value is -1.02. The van der Waals surface area contributed by atoms with Gasteiger partial charge in [0.05, 0.1) is 6.61 Å². The first kappa shape index (κ1) is 13.4. The fourth-order valence-electron chi connectivity index (χ4n) is 2.18. The van der Waals surface area contributed by atoms with E-state index in [2.05, 4.69) is 32.0 Å². The highest BCUT2D eigenvalue weighted by Crippen LogP contribution is 2.32. The van der Waals surface area contributed by atoms with Gasteiger partial charge in [-0.3, -0.25) is 0 Å². The predicted octanol–water partition coefficient (Wildman–Crippen LogP) is 3.45. The average molecular weight is 247 g/mol. The smallest absolute Gasteiger partial charge is 0.122 e. The molecule has 0 aliphatic heterocycles. The maximum atomic E-state index is 6.06. The van der Waals surface area contributed by atoms with Crippen LogP contribution in [0.3, 0.4) is 0 Å². The van der Waals surface area contributed by atoms with Crippen LogP contribution in [0.25, 0.3) is 0 Å². The van der Waals surface area contributed by atoms with Gasteiger partial charge in [0, 0.05) is 6.04 Å². The summed E-state index contributed by atoms with van der Waals surface area (Å²) >= 11 is 0. The van der Waals surface area contributed by atoms with Crippen LogP contribution >= 0.6 is 0 Å². The van der Waals surface area contributed by atoms with Crippen molar-refractivity contribution in [2.24, 2.45) is 11.7 Å². The molecule has 1 atom stereocenters. The van der Waals surface area contributed by atoms with E-state index >= 15 is 0 Å². The third kappa shape index (κ3) is 4.02. The van der Waals surface area contributed by atoms with Gasteiger partial charge < -0.3 is 10.5 Å². The standard InChI is InChI=1S/C16H25NO/c1-3-15(17)11-14-10-12(2)4-7-16(14)18-9-8-13-5-6-13/h4,7,10,13,15H,3,5-6,8-9,11,17H2,1-2H3. The van der Waals surface area contributed by atoms with E-state index in [1.54, 1.807) is 0 Å². The van der Waals surface area contributed by atoms with Crippen LogP contribution in [0.2, 0.25) is 0 Å². The highest BCUT2D eigenvalue weighted by Gasteiger charge is 2.20. The SMILES string of the molecule is CCC(N)Cc1cc(C)ccc1OCCC1CC1. The van der Waals surface area contributed by atoms with Gasteiger partial charge in [0.2, 0.25) is 0 Å². The predicted molar refractivity (Wildman–Crippen MR) is 76.0 cm³/mol. The van der Waals surface area contributed by atoms with Gasteiger partial charge in [0.15, 0.2) is 0 Å². The van der Waals surface area contributed by atoms with Crippen molar-refractivity contribution in [3.05, 3.63) is 29.3 Å². The molecule has 1 aromatic carbocycles. The molecule has 18 heavy (non-hydrogen) atoms. The molecule has 0 amide bonds. The van der Waals surface area contributed by atoms with Gasteiger partial charge >= 0.3 is 0 Å². The van der Waals surface area contributed by atoms with Crippen molar-refractivity contribution in [2.75, 3.05) is 6.61 Å². The van der Waals surface area contributed by atoms with Crippen LogP contribution in [0.1, 0.15) is 43.7 Å². The first-order chi connectivity index (χ1) is 8.69. The summed E-state index contributed by atoms with van der Waals surface area (Å²) in [6.45, 7) is 5.10. The summed E-state index contributed by atoms with van der Waals surface area (Å²) in [5.41, 5.74) is 8.60. The number of benzene rings is 1. The maximum Gasteiger partial charge on any atom is 0.122 e. The largest absolute Gasteiger partial charge is 0.493 e. The second-order valence-electron chi connectivity index (χ2n) is 5.56. The molecule has 2 rings (SSSR count). The Labute approximate surface area is 111 Å². The van der Waals surface area contributed by atoms with Crippen molar-refractivity contribution in [3.63, 3.8) is 0 Å². The Morgan fingerprint density at radius 1 is 1.39 bits per heavy atom. The number of ether oxygens (including phenoxy) is 1. The fraction of sp³-hybridized carbons (Fsp3) is 0.625. The molecular formula is C16H25NO. The van der Waals surface area contributed by atoms with Crippen LogP contribution in [-0.2, 0) is 6.42 Å². The van der Waals surface area contributed by atoms with Gasteiger partial charge in [0.1, 0.15) is 5.75 Å². The van der Waals surface area contributed by atoms with E-state index < -0.39 is 0 Å². The van der Waals surface area contributed by atoms with E-state index in [1.165, 1.54) is 30.4 Å². The maximum absolute atomic E-state index is 6.06. The van der Waals surface area contributed by atoms with Crippen molar-refractivity contribution in [1.29, 1.82) is 0 Å². The van der Waals surface area contributed by atoms with Crippen LogP contribution < -0.4 is 10.5 Å². The molecular weight excluding hydrogens is 222 g/mol. The Morgan fingerprint density at radius 2 is 2.17 bits per heavy atom. The topological polar surface area (TPSA) is 35.2 Å². The Balaban J connectivity index is 1.96. The lowest BCUT2D eigenvalue weighted by Crippen LogP contribution is -2.21. The second-order valence-corrected chi connectivity index (χ2v) is 5.56. The van der Waals surface area contributed by atoms with Crippen molar-refractivity contribution in [1.82, 2.24) is 0 Å². The van der Waals surface area contributed by atoms with Crippen molar-refractivity contribution >= 4 is 0 Å². The van der Waals surface area contributed by atoms with Crippen LogP contribution in [0, 0.1) is 12.8 Å². The quantitative estimate of drug-likeness (QED) is 0.801. The Kier molecular flexibility index (Phi) is 4.65. The first-order valence-corrected chi connectivity index (χ1v) is 7.17. The van der Waals surface area contributed by atoms with E-state index in [-0.39, 0.29) is 6.04 Å². The molecule has 1 unspecified atom stereocenters. The first-order valence-electron chi connectivity index (χ1n) is 7.17. The van der Waals surface area contributed by atoms with E-state index in [9.17, 15) is 0 Å². The molecule has 0 heterocycles. The molecule has 0 saturated heterocycles. The minimum Gasteiger partial charge on any atom is -0.493 e. The van der Waals surface area contributed by atoms with Crippen LogP contribution in [0.15, 0.2) is 18.2 Å². The van der Waals surface area contributed by atoms with Crippen molar-refractivity contribution in [3.8, 4) is 5.75 Å². The summed E-state index contributed by atoms with van der Waals surface area (Å²) < 4.78 is 5.93. The van der Waals surface area contributed by atoms with E-state index in [0.717, 1.165) is 31.1 Å². The lowest BCUT2D eigenvalue weighted by atomic mass is 10.0. The minimum atomic E-state index is 0.234. The molecule has 0 aromatic heterocycles. The normalized spacial score (nSPS) is 16.6. The average Bonchev–Trinajstić information content (AvgIpc) is 3.16. The Bertz CT molecular complexity index is 385. The van der Waals surface area contributed by atoms with Gasteiger partial charge in [-0.05, 0) is 43.7 Å².